The van der Waals surface area contributed by atoms with Gasteiger partial charge in [0.25, 0.3) is 0 Å². The van der Waals surface area contributed by atoms with Crippen molar-refractivity contribution in [3.63, 3.8) is 0 Å². The smallest absolute Gasteiger partial charge is 0.326 e. The summed E-state index contributed by atoms with van der Waals surface area (Å²) in [5, 5.41) is 16.5. The molecule has 0 radical (unpaired) electrons. The summed E-state index contributed by atoms with van der Waals surface area (Å²) in [5.41, 5.74) is 11.0. The second-order valence-electron chi connectivity index (χ2n) is 6.65. The molecule has 0 spiro atoms. The van der Waals surface area contributed by atoms with Crippen LogP contribution in [-0.2, 0) is 30.4 Å². The molecule has 0 bridgehead atoms. The lowest BCUT2D eigenvalue weighted by Crippen LogP contribution is -2.56. The molecule has 4 amide bonds. The average molecular weight is 421 g/mol. The lowest BCUT2D eigenvalue weighted by Gasteiger charge is -2.23. The molecule has 164 valence electrons. The van der Waals surface area contributed by atoms with Gasteiger partial charge in [0.05, 0.1) is 6.54 Å². The fourth-order valence-electron chi connectivity index (χ4n) is 2.54. The molecule has 0 aliphatic heterocycles. The Morgan fingerprint density at radius 2 is 1.57 bits per heavy atom. The van der Waals surface area contributed by atoms with Gasteiger partial charge in [0.15, 0.2) is 0 Å². The van der Waals surface area contributed by atoms with Crippen LogP contribution in [0.4, 0.5) is 0 Å². The van der Waals surface area contributed by atoms with E-state index in [1.807, 2.05) is 0 Å². The summed E-state index contributed by atoms with van der Waals surface area (Å²) in [6.07, 6.45) is -0.335. The first-order chi connectivity index (χ1) is 14.1. The van der Waals surface area contributed by atoms with Gasteiger partial charge in [0.1, 0.15) is 18.1 Å². The molecule has 0 aliphatic rings. The fourth-order valence-corrected chi connectivity index (χ4v) is 2.54. The van der Waals surface area contributed by atoms with E-state index in [4.69, 9.17) is 11.5 Å². The molecule has 1 aromatic rings. The Morgan fingerprint density at radius 1 is 0.967 bits per heavy atom. The number of nitrogens with two attached hydrogens (primary N) is 2. The first-order valence-electron chi connectivity index (χ1n) is 9.29. The van der Waals surface area contributed by atoms with Crippen molar-refractivity contribution in [3.8, 4) is 0 Å². The van der Waals surface area contributed by atoms with E-state index < -0.39 is 47.7 Å². The topological polar surface area (TPSA) is 194 Å². The van der Waals surface area contributed by atoms with Gasteiger partial charge in [-0.3, -0.25) is 19.2 Å². The van der Waals surface area contributed by atoms with Crippen LogP contribution in [0.25, 0.3) is 0 Å². The van der Waals surface area contributed by atoms with Gasteiger partial charge in [-0.1, -0.05) is 30.3 Å². The molecule has 0 heterocycles. The quantitative estimate of drug-likeness (QED) is 0.225. The van der Waals surface area contributed by atoms with Crippen LogP contribution in [-0.4, -0.2) is 59.4 Å². The van der Waals surface area contributed by atoms with Gasteiger partial charge in [0, 0.05) is 12.8 Å². The van der Waals surface area contributed by atoms with Gasteiger partial charge in [0.2, 0.25) is 23.6 Å². The molecule has 3 unspecified atom stereocenters. The van der Waals surface area contributed by atoms with Gasteiger partial charge >= 0.3 is 5.97 Å². The number of hydrogen-bond donors (Lipinski definition) is 6. The van der Waals surface area contributed by atoms with Crippen LogP contribution in [0.15, 0.2) is 30.3 Å². The minimum absolute atomic E-state index is 0.0815. The molecule has 30 heavy (non-hydrogen) atoms. The molecule has 1 aromatic carbocycles. The van der Waals surface area contributed by atoms with Crippen LogP contribution in [0.3, 0.4) is 0 Å². The maximum absolute atomic E-state index is 12.7. The van der Waals surface area contributed by atoms with Gasteiger partial charge in [-0.15, -0.1) is 0 Å². The molecule has 0 saturated carbocycles. The van der Waals surface area contributed by atoms with E-state index in [0.29, 0.717) is 0 Å². The van der Waals surface area contributed by atoms with E-state index in [1.165, 1.54) is 6.92 Å². The zero-order valence-corrected chi connectivity index (χ0v) is 16.6. The third-order valence-corrected chi connectivity index (χ3v) is 4.17. The van der Waals surface area contributed by atoms with E-state index in [0.717, 1.165) is 5.56 Å². The average Bonchev–Trinajstić information content (AvgIpc) is 2.70. The third kappa shape index (κ3) is 8.69. The second kappa shape index (κ2) is 12.2. The Kier molecular flexibility index (Phi) is 9.97. The summed E-state index contributed by atoms with van der Waals surface area (Å²) < 4.78 is 0. The summed E-state index contributed by atoms with van der Waals surface area (Å²) >= 11 is 0. The maximum Gasteiger partial charge on any atom is 0.326 e. The van der Waals surface area contributed by atoms with Crippen LogP contribution in [0, 0.1) is 0 Å². The van der Waals surface area contributed by atoms with Crippen LogP contribution < -0.4 is 27.4 Å². The molecule has 1 rings (SSSR count). The highest BCUT2D eigenvalue weighted by molar-refractivity contribution is 5.93. The first kappa shape index (κ1) is 24.6. The van der Waals surface area contributed by atoms with Gasteiger partial charge in [-0.05, 0) is 18.9 Å². The normalized spacial score (nSPS) is 13.4. The monoisotopic (exact) mass is 421 g/mol. The zero-order valence-electron chi connectivity index (χ0n) is 16.6. The summed E-state index contributed by atoms with van der Waals surface area (Å²) in [5.74, 6) is -3.97. The Labute approximate surface area is 173 Å². The minimum atomic E-state index is -1.35. The molecule has 0 aromatic heterocycles. The lowest BCUT2D eigenvalue weighted by atomic mass is 10.0. The maximum atomic E-state index is 12.7. The SMILES string of the molecule is CC(NC(=O)CN)C(=O)NC(Cc1ccccc1)C(=O)NC(CCC(N)=O)C(=O)O. The summed E-state index contributed by atoms with van der Waals surface area (Å²) in [6.45, 7) is 1.12. The van der Waals surface area contributed by atoms with Crippen molar-refractivity contribution < 1.29 is 29.1 Å². The van der Waals surface area contributed by atoms with Crippen molar-refractivity contribution >= 4 is 29.6 Å². The number of aliphatic carboxylic acids is 1. The van der Waals surface area contributed by atoms with E-state index in [9.17, 15) is 29.1 Å². The minimum Gasteiger partial charge on any atom is -0.480 e. The van der Waals surface area contributed by atoms with Crippen molar-refractivity contribution in [3.05, 3.63) is 35.9 Å². The highest BCUT2D eigenvalue weighted by Crippen LogP contribution is 2.06. The number of carboxylic acids is 1. The van der Waals surface area contributed by atoms with Gasteiger partial charge in [-0.25, -0.2) is 4.79 Å². The molecule has 0 fully saturated rings. The highest BCUT2D eigenvalue weighted by Gasteiger charge is 2.28. The number of amides is 4. The molecular weight excluding hydrogens is 394 g/mol. The number of carboxylic acid groups (broad SMARTS) is 1. The van der Waals surface area contributed by atoms with E-state index in [1.54, 1.807) is 30.3 Å². The zero-order chi connectivity index (χ0) is 22.7. The number of carbonyl (C=O) groups excluding carboxylic acids is 4. The van der Waals surface area contributed by atoms with Gasteiger partial charge < -0.3 is 32.5 Å². The van der Waals surface area contributed by atoms with Crippen LogP contribution >= 0.6 is 0 Å². The number of nitrogens with one attached hydrogen (secondary N) is 3. The predicted octanol–water partition coefficient (Wildman–Crippen LogP) is -1.99. The molecule has 11 nitrogen and oxygen atoms in total. The Hall–Kier alpha value is -3.47. The lowest BCUT2D eigenvalue weighted by molar-refractivity contribution is -0.142. The molecule has 0 aliphatic carbocycles. The molecule has 0 saturated heterocycles. The van der Waals surface area contributed by atoms with E-state index in [-0.39, 0.29) is 25.8 Å². The number of hydrogen-bond acceptors (Lipinski definition) is 6. The Morgan fingerprint density at radius 3 is 2.10 bits per heavy atom. The van der Waals surface area contributed by atoms with Crippen molar-refractivity contribution in [1.29, 1.82) is 0 Å². The van der Waals surface area contributed by atoms with Gasteiger partial charge in [-0.2, -0.15) is 0 Å². The molecular formula is C19H27N5O6. The van der Waals surface area contributed by atoms with Crippen LogP contribution in [0.2, 0.25) is 0 Å². The summed E-state index contributed by atoms with van der Waals surface area (Å²) in [4.78, 5) is 58.9. The van der Waals surface area contributed by atoms with Crippen molar-refractivity contribution in [1.82, 2.24) is 16.0 Å². The second-order valence-corrected chi connectivity index (χ2v) is 6.65. The number of benzene rings is 1. The predicted molar refractivity (Wildman–Crippen MR) is 107 cm³/mol. The highest BCUT2D eigenvalue weighted by atomic mass is 16.4. The van der Waals surface area contributed by atoms with Crippen molar-refractivity contribution in [2.45, 2.75) is 44.3 Å². The first-order valence-corrected chi connectivity index (χ1v) is 9.29. The summed E-state index contributed by atoms with van der Waals surface area (Å²) in [7, 11) is 0. The number of primary amides is 1. The van der Waals surface area contributed by atoms with Crippen LogP contribution in [0.1, 0.15) is 25.3 Å². The number of rotatable bonds is 12. The molecule has 8 N–H and O–H groups in total. The summed E-state index contributed by atoms with van der Waals surface area (Å²) in [6, 6.07) is 5.35. The largest absolute Gasteiger partial charge is 0.480 e. The third-order valence-electron chi connectivity index (χ3n) is 4.17. The van der Waals surface area contributed by atoms with Crippen molar-refractivity contribution in [2.75, 3.05) is 6.54 Å². The molecule has 11 heteroatoms. The van der Waals surface area contributed by atoms with E-state index in [2.05, 4.69) is 16.0 Å². The number of carbonyl (C=O) groups is 5. The molecule has 3 atom stereocenters. The Bertz CT molecular complexity index is 770. The van der Waals surface area contributed by atoms with E-state index >= 15 is 0 Å². The van der Waals surface area contributed by atoms with Crippen molar-refractivity contribution in [2.24, 2.45) is 11.5 Å². The Balaban J connectivity index is 2.94. The fraction of sp³-hybridized carbons (Fsp3) is 0.421. The standard InChI is InChI=1S/C19H27N5O6/c1-11(22-16(26)10-20)17(27)24-14(9-12-5-3-2-4-6-12)18(28)23-13(19(29)30)7-8-15(21)25/h2-6,11,13-14H,7-10,20H2,1H3,(H2,21,25)(H,22,26)(H,23,28)(H,24,27)(H,29,30). The van der Waals surface area contributed by atoms with Crippen LogP contribution in [0.5, 0.6) is 0 Å².